The number of amides is 1. The van der Waals surface area contributed by atoms with Gasteiger partial charge in [0, 0.05) is 24.3 Å². The van der Waals surface area contributed by atoms with Gasteiger partial charge in [0.25, 0.3) is 5.91 Å². The first-order chi connectivity index (χ1) is 14.4. The highest BCUT2D eigenvalue weighted by Crippen LogP contribution is 2.45. The molecule has 0 fully saturated rings. The van der Waals surface area contributed by atoms with E-state index in [0.29, 0.717) is 10.7 Å². The summed E-state index contributed by atoms with van der Waals surface area (Å²) in [4.78, 5) is 17.8. The van der Waals surface area contributed by atoms with Gasteiger partial charge in [-0.2, -0.15) is 0 Å². The molecule has 2 aromatic carbocycles. The number of anilines is 1. The summed E-state index contributed by atoms with van der Waals surface area (Å²) in [6.07, 6.45) is 0.0754. The lowest BCUT2D eigenvalue weighted by Crippen LogP contribution is -2.43. The van der Waals surface area contributed by atoms with Crippen molar-refractivity contribution < 1.29 is 4.79 Å². The number of carbonyl (C=O) groups excluding carboxylic acids is 1. The first kappa shape index (κ1) is 18.9. The molecule has 2 atom stereocenters. The summed E-state index contributed by atoms with van der Waals surface area (Å²) in [7, 11) is 1.86. The normalized spacial score (nSPS) is 21.0. The maximum atomic E-state index is 13.6. The zero-order valence-electron chi connectivity index (χ0n) is 17.3. The molecule has 0 radical (unpaired) electrons. The summed E-state index contributed by atoms with van der Waals surface area (Å²) in [5, 5.41) is 12.5. The molecular weight excluding hydrogens is 400 g/mol. The quantitative estimate of drug-likeness (QED) is 0.699. The lowest BCUT2D eigenvalue weighted by Gasteiger charge is -2.35. The minimum atomic E-state index is -0.236. The van der Waals surface area contributed by atoms with E-state index in [9.17, 15) is 4.79 Å². The molecule has 0 aliphatic carbocycles. The van der Waals surface area contributed by atoms with Crippen LogP contribution in [0.15, 0.2) is 47.8 Å². The Balaban J connectivity index is 1.70. The number of halogens is 1. The maximum absolute atomic E-state index is 13.6. The van der Waals surface area contributed by atoms with Crippen molar-refractivity contribution in [1.82, 2.24) is 25.2 Å². The van der Waals surface area contributed by atoms with Gasteiger partial charge in [0.05, 0.1) is 17.4 Å². The second-order valence-electron chi connectivity index (χ2n) is 7.84. The highest BCUT2D eigenvalue weighted by molar-refractivity contribution is 6.30. The predicted molar refractivity (Wildman–Crippen MR) is 117 cm³/mol. The number of likely N-dealkylation sites (N-methyl/N-ethyl adjacent to an activating group) is 1. The fraction of sp³-hybridized carbons (Fsp3) is 0.318. The van der Waals surface area contributed by atoms with Crippen LogP contribution in [0.1, 0.15) is 31.0 Å². The van der Waals surface area contributed by atoms with Gasteiger partial charge in [-0.1, -0.05) is 28.9 Å². The molecule has 3 heterocycles. The Morgan fingerprint density at radius 2 is 1.93 bits per heavy atom. The largest absolute Gasteiger partial charge is 0.359 e. The summed E-state index contributed by atoms with van der Waals surface area (Å²) in [6, 6.07) is 11.5. The van der Waals surface area contributed by atoms with Crippen molar-refractivity contribution in [2.24, 2.45) is 7.05 Å². The van der Waals surface area contributed by atoms with Crippen LogP contribution in [0.2, 0.25) is 5.02 Å². The molecule has 1 aromatic heterocycles. The van der Waals surface area contributed by atoms with Crippen LogP contribution >= 0.6 is 11.6 Å². The number of fused-ring (bicyclic) bond motifs is 1. The van der Waals surface area contributed by atoms with Crippen LogP contribution in [0, 0.1) is 6.92 Å². The van der Waals surface area contributed by atoms with Gasteiger partial charge in [-0.15, -0.1) is 5.10 Å². The van der Waals surface area contributed by atoms with E-state index in [1.54, 1.807) is 4.68 Å². The van der Waals surface area contributed by atoms with Gasteiger partial charge in [0.2, 0.25) is 0 Å². The van der Waals surface area contributed by atoms with Gasteiger partial charge >= 0.3 is 0 Å². The average Bonchev–Trinajstić information content (AvgIpc) is 3.34. The first-order valence-corrected chi connectivity index (χ1v) is 10.4. The molecule has 2 aliphatic rings. The van der Waals surface area contributed by atoms with Gasteiger partial charge in [0.15, 0.2) is 0 Å². The van der Waals surface area contributed by atoms with Crippen LogP contribution in [0.5, 0.6) is 0 Å². The number of aryl methyl sites for hydroxylation is 2. The molecular formula is C22H23ClN6O. The highest BCUT2D eigenvalue weighted by atomic mass is 35.5. The number of hydrogen-bond acceptors (Lipinski definition) is 5. The second-order valence-corrected chi connectivity index (χ2v) is 8.28. The van der Waals surface area contributed by atoms with E-state index in [1.165, 1.54) is 0 Å². The molecule has 2 aliphatic heterocycles. The fourth-order valence-electron chi connectivity index (χ4n) is 4.62. The minimum absolute atomic E-state index is 0.0263. The minimum Gasteiger partial charge on any atom is -0.359 e. The fourth-order valence-corrected chi connectivity index (χ4v) is 4.74. The van der Waals surface area contributed by atoms with Crippen LogP contribution in [0.25, 0.3) is 11.0 Å². The molecule has 0 saturated carbocycles. The van der Waals surface area contributed by atoms with E-state index >= 15 is 0 Å². The number of rotatable bonds is 3. The van der Waals surface area contributed by atoms with Crippen molar-refractivity contribution in [2.75, 3.05) is 11.4 Å². The topological polar surface area (TPSA) is 66.3 Å². The Morgan fingerprint density at radius 1 is 1.20 bits per heavy atom. The summed E-state index contributed by atoms with van der Waals surface area (Å²) in [5.74, 6) is -0.0263. The van der Waals surface area contributed by atoms with Crippen molar-refractivity contribution in [3.63, 3.8) is 0 Å². The number of benzene rings is 2. The van der Waals surface area contributed by atoms with Crippen LogP contribution in [0.3, 0.4) is 0 Å². The van der Waals surface area contributed by atoms with Gasteiger partial charge in [0.1, 0.15) is 17.3 Å². The van der Waals surface area contributed by atoms with Crippen molar-refractivity contribution >= 4 is 34.2 Å². The lowest BCUT2D eigenvalue weighted by molar-refractivity contribution is -0.115. The van der Waals surface area contributed by atoms with E-state index in [1.807, 2.05) is 55.3 Å². The molecule has 0 bridgehead atoms. The third-order valence-corrected chi connectivity index (χ3v) is 6.29. The molecule has 5 rings (SSSR count). The van der Waals surface area contributed by atoms with Gasteiger partial charge in [-0.3, -0.25) is 9.69 Å². The van der Waals surface area contributed by atoms with Gasteiger partial charge < -0.3 is 10.2 Å². The molecule has 7 nitrogen and oxygen atoms in total. The van der Waals surface area contributed by atoms with E-state index in [2.05, 4.69) is 34.4 Å². The summed E-state index contributed by atoms with van der Waals surface area (Å²) < 4.78 is 1.74. The molecule has 154 valence electrons. The Morgan fingerprint density at radius 3 is 2.63 bits per heavy atom. The summed E-state index contributed by atoms with van der Waals surface area (Å²) in [5.41, 5.74) is 6.26. The molecule has 1 N–H and O–H groups in total. The number of nitrogens with one attached hydrogen (secondary N) is 1. The number of aromatic nitrogens is 3. The van der Waals surface area contributed by atoms with E-state index in [-0.39, 0.29) is 18.1 Å². The molecule has 1 amide bonds. The Hall–Kier alpha value is -3.06. The van der Waals surface area contributed by atoms with Crippen molar-refractivity contribution in [3.05, 3.63) is 63.9 Å². The third kappa shape index (κ3) is 2.61. The zero-order valence-corrected chi connectivity index (χ0v) is 18.1. The summed E-state index contributed by atoms with van der Waals surface area (Å²) in [6.45, 7) is 6.99. The Bertz CT molecular complexity index is 1200. The summed E-state index contributed by atoms with van der Waals surface area (Å²) >= 11 is 6.15. The smallest absolute Gasteiger partial charge is 0.277 e. The van der Waals surface area contributed by atoms with Crippen molar-refractivity contribution in [1.29, 1.82) is 0 Å². The standard InChI is InChI=1S/C22H23ClN6O/c1-5-28-13(3)24-19-21(28)20(14-6-8-15(23)9-7-14)29(22(19)30)16-10-12(2)18-17(11-16)27(4)26-25-18/h6-11,13,20,24H,5H2,1-4H3/t13-,20?/m0/s1. The van der Waals surface area contributed by atoms with E-state index < -0.39 is 0 Å². The van der Waals surface area contributed by atoms with Crippen molar-refractivity contribution in [3.8, 4) is 0 Å². The Labute approximate surface area is 179 Å². The zero-order chi connectivity index (χ0) is 21.2. The van der Waals surface area contributed by atoms with Crippen LogP contribution < -0.4 is 10.2 Å². The molecule has 3 aromatic rings. The molecule has 30 heavy (non-hydrogen) atoms. The third-order valence-electron chi connectivity index (χ3n) is 6.03. The molecule has 0 spiro atoms. The van der Waals surface area contributed by atoms with Gasteiger partial charge in [-0.25, -0.2) is 4.68 Å². The lowest BCUT2D eigenvalue weighted by atomic mass is 10.0. The average molecular weight is 423 g/mol. The number of carbonyl (C=O) groups is 1. The van der Waals surface area contributed by atoms with Gasteiger partial charge in [-0.05, 0) is 56.2 Å². The van der Waals surface area contributed by atoms with Crippen molar-refractivity contribution in [2.45, 2.75) is 33.0 Å². The number of hydrogen-bond donors (Lipinski definition) is 1. The monoisotopic (exact) mass is 422 g/mol. The first-order valence-electron chi connectivity index (χ1n) is 10.1. The van der Waals surface area contributed by atoms with E-state index in [0.717, 1.165) is 40.1 Å². The van der Waals surface area contributed by atoms with Crippen LogP contribution in [0.4, 0.5) is 5.69 Å². The SMILES string of the molecule is CCN1C2=C(N[C@@H]1C)C(=O)N(c1cc(C)c3nnn(C)c3c1)C2c1ccc(Cl)cc1. The highest BCUT2D eigenvalue weighted by Gasteiger charge is 2.48. The number of nitrogens with zero attached hydrogens (tertiary/aromatic N) is 5. The predicted octanol–water partition coefficient (Wildman–Crippen LogP) is 3.50. The molecule has 0 saturated heterocycles. The molecule has 1 unspecified atom stereocenters. The second kappa shape index (κ2) is 6.74. The van der Waals surface area contributed by atoms with E-state index in [4.69, 9.17) is 11.6 Å². The van der Waals surface area contributed by atoms with Crippen LogP contribution in [-0.4, -0.2) is 38.5 Å². The molecule has 8 heteroatoms. The Kier molecular flexibility index (Phi) is 4.25. The van der Waals surface area contributed by atoms with Crippen LogP contribution in [-0.2, 0) is 11.8 Å². The maximum Gasteiger partial charge on any atom is 0.277 e.